The normalized spacial score (nSPS) is 17.2. The molecule has 0 bridgehead atoms. The molecule has 1 N–H and O–H groups in total. The third-order valence-electron chi connectivity index (χ3n) is 6.05. The molecule has 2 aromatic carbocycles. The van der Waals surface area contributed by atoms with Crippen LogP contribution in [0, 0.1) is 0 Å². The van der Waals surface area contributed by atoms with E-state index in [1.165, 1.54) is 25.2 Å². The second-order valence-corrected chi connectivity index (χ2v) is 9.95. The van der Waals surface area contributed by atoms with Gasteiger partial charge in [0.05, 0.1) is 19.9 Å². The summed E-state index contributed by atoms with van der Waals surface area (Å²) in [6.07, 6.45) is 0.433. The lowest BCUT2D eigenvalue weighted by atomic mass is 10.0. The Morgan fingerprint density at radius 2 is 1.74 bits per heavy atom. The number of rotatable bonds is 8. The predicted octanol–water partition coefficient (Wildman–Crippen LogP) is 3.60. The number of esters is 1. The number of methoxy groups -OCH3 is 2. The number of nitrogens with one attached hydrogen (secondary N) is 1. The molecular weight excluding hydrogens is 508 g/mol. The lowest BCUT2D eigenvalue weighted by molar-refractivity contribution is -0.157. The van der Waals surface area contributed by atoms with Crippen LogP contribution in [-0.4, -0.2) is 61.1 Å². The number of hydrogen-bond donors (Lipinski definition) is 1. The fourth-order valence-corrected chi connectivity index (χ4v) is 4.32. The molecule has 1 saturated heterocycles. The van der Waals surface area contributed by atoms with Crippen LogP contribution in [-0.2, 0) is 25.7 Å². The topological polar surface area (TPSA) is 145 Å². The zero-order chi connectivity index (χ0) is 28.3. The van der Waals surface area contributed by atoms with Gasteiger partial charge in [0, 0.05) is 36.2 Å². The van der Waals surface area contributed by atoms with E-state index in [0.29, 0.717) is 34.0 Å². The van der Waals surface area contributed by atoms with Gasteiger partial charge in [0.1, 0.15) is 23.1 Å². The second kappa shape index (κ2) is 11.1. The van der Waals surface area contributed by atoms with Crippen LogP contribution in [0.15, 0.2) is 40.6 Å². The fourth-order valence-electron chi connectivity index (χ4n) is 4.32. The van der Waals surface area contributed by atoms with Crippen LogP contribution in [0.1, 0.15) is 49.5 Å². The van der Waals surface area contributed by atoms with Crippen molar-refractivity contribution in [3.63, 3.8) is 0 Å². The number of fused-ring (bicyclic) bond motifs is 1. The summed E-state index contributed by atoms with van der Waals surface area (Å²) in [6.45, 7) is 5.12. The Hall–Kier alpha value is -4.48. The molecule has 0 aliphatic carbocycles. The lowest BCUT2D eigenvalue weighted by Crippen LogP contribution is -2.52. The van der Waals surface area contributed by atoms with Gasteiger partial charge in [-0.3, -0.25) is 19.7 Å². The highest BCUT2D eigenvalue weighted by molar-refractivity contribution is 6.06. The summed E-state index contributed by atoms with van der Waals surface area (Å²) in [7, 11) is 2.90. The Balaban J connectivity index is 1.55. The number of ether oxygens (including phenoxy) is 4. The molecular formula is C27H30N4O8. The highest BCUT2D eigenvalue weighted by Crippen LogP contribution is 2.41. The largest absolute Gasteiger partial charge is 0.494 e. The van der Waals surface area contributed by atoms with E-state index in [9.17, 15) is 19.2 Å². The SMILES string of the molecule is COc1cc(OCC(=O)OC(C)(C)C)c(OC)cc1/N=N/c1cccc2c1CN(C1CCC(=O)NC1=O)C2=O. The third kappa shape index (κ3) is 6.16. The first-order valence-electron chi connectivity index (χ1n) is 12.3. The molecule has 206 valence electrons. The average molecular weight is 539 g/mol. The van der Waals surface area contributed by atoms with E-state index in [2.05, 4.69) is 15.5 Å². The maximum Gasteiger partial charge on any atom is 0.344 e. The van der Waals surface area contributed by atoms with Crippen LogP contribution in [0.25, 0.3) is 0 Å². The van der Waals surface area contributed by atoms with E-state index < -0.39 is 23.5 Å². The molecule has 0 aromatic heterocycles. The quantitative estimate of drug-likeness (QED) is 0.305. The monoisotopic (exact) mass is 538 g/mol. The van der Waals surface area contributed by atoms with Crippen LogP contribution in [0.3, 0.4) is 0 Å². The van der Waals surface area contributed by atoms with Gasteiger partial charge in [0.25, 0.3) is 5.91 Å². The molecule has 2 aliphatic heterocycles. The zero-order valence-electron chi connectivity index (χ0n) is 22.4. The molecule has 12 nitrogen and oxygen atoms in total. The van der Waals surface area contributed by atoms with Gasteiger partial charge in [-0.25, -0.2) is 4.79 Å². The molecule has 0 spiro atoms. The number of benzene rings is 2. The summed E-state index contributed by atoms with van der Waals surface area (Å²) >= 11 is 0. The highest BCUT2D eigenvalue weighted by atomic mass is 16.6. The van der Waals surface area contributed by atoms with Gasteiger partial charge in [-0.05, 0) is 39.3 Å². The predicted molar refractivity (Wildman–Crippen MR) is 138 cm³/mol. The van der Waals surface area contributed by atoms with Crippen molar-refractivity contribution in [1.82, 2.24) is 10.2 Å². The van der Waals surface area contributed by atoms with Gasteiger partial charge in [-0.2, -0.15) is 5.11 Å². The van der Waals surface area contributed by atoms with E-state index >= 15 is 0 Å². The van der Waals surface area contributed by atoms with Crippen molar-refractivity contribution < 1.29 is 38.1 Å². The summed E-state index contributed by atoms with van der Waals surface area (Å²) in [5.74, 6) is -0.807. The minimum atomic E-state index is -0.732. The van der Waals surface area contributed by atoms with Crippen LogP contribution < -0.4 is 19.5 Å². The number of carbonyl (C=O) groups excluding carboxylic acids is 4. The van der Waals surface area contributed by atoms with E-state index in [0.717, 1.165) is 0 Å². The molecule has 2 aliphatic rings. The number of azo groups is 1. The van der Waals surface area contributed by atoms with Crippen LogP contribution >= 0.6 is 0 Å². The molecule has 3 amide bonds. The van der Waals surface area contributed by atoms with Crippen molar-refractivity contribution >= 4 is 35.1 Å². The highest BCUT2D eigenvalue weighted by Gasteiger charge is 2.39. The van der Waals surface area contributed by atoms with Crippen LogP contribution in [0.4, 0.5) is 11.4 Å². The summed E-state index contributed by atoms with van der Waals surface area (Å²) in [5.41, 5.74) is 1.17. The number of hydrogen-bond acceptors (Lipinski definition) is 10. The number of imide groups is 1. The van der Waals surface area contributed by atoms with Crippen LogP contribution in [0.5, 0.6) is 17.2 Å². The van der Waals surface area contributed by atoms with Crippen LogP contribution in [0.2, 0.25) is 0 Å². The molecule has 0 saturated carbocycles. The van der Waals surface area contributed by atoms with E-state index in [1.54, 1.807) is 45.0 Å². The van der Waals surface area contributed by atoms with Gasteiger partial charge < -0.3 is 23.8 Å². The first-order chi connectivity index (χ1) is 18.5. The molecule has 2 aromatic rings. The Labute approximate surface area is 225 Å². The Kier molecular flexibility index (Phi) is 7.84. The molecule has 1 atom stereocenters. The van der Waals surface area contributed by atoms with Gasteiger partial charge >= 0.3 is 5.97 Å². The minimum absolute atomic E-state index is 0.160. The van der Waals surface area contributed by atoms with Crippen molar-refractivity contribution in [2.45, 2.75) is 51.8 Å². The van der Waals surface area contributed by atoms with E-state index in [1.807, 2.05) is 0 Å². The standard InChI is InChI=1S/C27H30N4O8/c1-27(2,3)39-24(33)14-38-22-12-20(36-4)18(11-21(22)37-5)30-29-17-8-6-7-15-16(17)13-31(26(15)35)19-9-10-23(32)28-25(19)34/h6-8,11-12,19H,9-10,13-14H2,1-5H3,(H,28,32,34)/b30-29+. The summed E-state index contributed by atoms with van der Waals surface area (Å²) in [6, 6.07) is 7.42. The van der Waals surface area contributed by atoms with Gasteiger partial charge in [-0.15, -0.1) is 5.11 Å². The van der Waals surface area contributed by atoms with Crippen molar-refractivity contribution in [2.24, 2.45) is 10.2 Å². The van der Waals surface area contributed by atoms with Crippen molar-refractivity contribution in [3.8, 4) is 17.2 Å². The van der Waals surface area contributed by atoms with Gasteiger partial charge in [0.15, 0.2) is 18.1 Å². The van der Waals surface area contributed by atoms with Crippen molar-refractivity contribution in [3.05, 3.63) is 41.5 Å². The Morgan fingerprint density at radius 1 is 1.03 bits per heavy atom. The Morgan fingerprint density at radius 3 is 2.41 bits per heavy atom. The van der Waals surface area contributed by atoms with E-state index in [4.69, 9.17) is 18.9 Å². The molecule has 1 fully saturated rings. The average Bonchev–Trinajstić information content (AvgIpc) is 3.21. The Bertz CT molecular complexity index is 1350. The number of piperidine rings is 1. The number of amides is 3. The molecule has 39 heavy (non-hydrogen) atoms. The molecule has 0 radical (unpaired) electrons. The second-order valence-electron chi connectivity index (χ2n) is 9.95. The van der Waals surface area contributed by atoms with Crippen molar-refractivity contribution in [2.75, 3.05) is 20.8 Å². The molecule has 1 unspecified atom stereocenters. The van der Waals surface area contributed by atoms with Gasteiger partial charge in [0.2, 0.25) is 11.8 Å². The smallest absolute Gasteiger partial charge is 0.344 e. The van der Waals surface area contributed by atoms with Gasteiger partial charge in [-0.1, -0.05) is 6.07 Å². The number of carbonyl (C=O) groups is 4. The van der Waals surface area contributed by atoms with Crippen molar-refractivity contribution in [1.29, 1.82) is 0 Å². The zero-order valence-corrected chi connectivity index (χ0v) is 22.4. The third-order valence-corrected chi connectivity index (χ3v) is 6.05. The number of nitrogens with zero attached hydrogens (tertiary/aromatic N) is 3. The maximum absolute atomic E-state index is 13.1. The summed E-state index contributed by atoms with van der Waals surface area (Å²) < 4.78 is 21.7. The fraction of sp³-hybridized carbons (Fsp3) is 0.407. The molecule has 2 heterocycles. The molecule has 4 rings (SSSR count). The van der Waals surface area contributed by atoms with E-state index in [-0.39, 0.29) is 43.6 Å². The molecule has 12 heteroatoms. The minimum Gasteiger partial charge on any atom is -0.494 e. The summed E-state index contributed by atoms with van der Waals surface area (Å²) in [4.78, 5) is 50.5. The lowest BCUT2D eigenvalue weighted by Gasteiger charge is -2.29. The first-order valence-corrected chi connectivity index (χ1v) is 12.3. The first kappa shape index (κ1) is 27.6. The summed E-state index contributed by atoms with van der Waals surface area (Å²) in [5, 5.41) is 11.0. The maximum atomic E-state index is 13.1.